The van der Waals surface area contributed by atoms with Gasteiger partial charge >= 0.3 is 348 Å². The molecule has 3 aliphatic rings. The van der Waals surface area contributed by atoms with E-state index in [9.17, 15) is 0 Å². The van der Waals surface area contributed by atoms with Gasteiger partial charge in [-0.1, -0.05) is 0 Å². The van der Waals surface area contributed by atoms with Crippen molar-refractivity contribution in [2.24, 2.45) is 0 Å². The van der Waals surface area contributed by atoms with Crippen LogP contribution in [0.5, 0.6) is 0 Å². The summed E-state index contributed by atoms with van der Waals surface area (Å²) in [5, 5.41) is 0. The first-order valence-corrected chi connectivity index (χ1v) is 23.7. The second-order valence-electron chi connectivity index (χ2n) is 15.0. The van der Waals surface area contributed by atoms with E-state index in [-0.39, 0.29) is 0 Å². The molecule has 0 saturated heterocycles. The van der Waals surface area contributed by atoms with Crippen LogP contribution in [0.2, 0.25) is 0 Å². The van der Waals surface area contributed by atoms with Gasteiger partial charge in [-0.05, 0) is 0 Å². The van der Waals surface area contributed by atoms with Crippen LogP contribution >= 0.6 is 0 Å². The summed E-state index contributed by atoms with van der Waals surface area (Å²) in [6, 6.07) is 80.7. The fraction of sp³-hybridized carbons (Fsp3) is 0. The van der Waals surface area contributed by atoms with Crippen molar-refractivity contribution in [2.45, 2.75) is 0 Å². The molecule has 9 aromatic rings. The number of hydrogen-bond acceptors (Lipinski definition) is 3. The summed E-state index contributed by atoms with van der Waals surface area (Å²) in [4.78, 5) is 7.74. The Bertz CT molecular complexity index is 2590. The summed E-state index contributed by atoms with van der Waals surface area (Å²) >= 11 is -2.87. The molecule has 0 unspecified atom stereocenters. The van der Waals surface area contributed by atoms with Crippen LogP contribution in [-0.4, -0.2) is 20.2 Å². The normalized spacial score (nSPS) is 13.3. The zero-order chi connectivity index (χ0) is 38.2. The van der Waals surface area contributed by atoms with Gasteiger partial charge in [-0.3, -0.25) is 0 Å². The van der Waals surface area contributed by atoms with Crippen LogP contribution in [0.1, 0.15) is 0 Å². The van der Waals surface area contributed by atoms with Gasteiger partial charge in [0, 0.05) is 0 Å². The number of rotatable bonds is 6. The first-order chi connectivity index (χ1) is 28.8. The molecule has 3 heterocycles. The van der Waals surface area contributed by atoms with Gasteiger partial charge in [-0.2, -0.15) is 0 Å². The SMILES string of the molecule is c1ccc(-c2cc3[c]4c(c2)N(c2ccccc2)c2cc(-c5ccccc5)cc5[c]2[Sb]4[c]2c(cc(-c4ccccc4)cc2N5c2ccccc2)N3c2ccccc2)cc1. The summed E-state index contributed by atoms with van der Waals surface area (Å²) in [6.45, 7) is 0. The zero-order valence-corrected chi connectivity index (χ0v) is 34.1. The molecule has 0 fully saturated rings. The average molecular weight is 849 g/mol. The monoisotopic (exact) mass is 847 g/mol. The topological polar surface area (TPSA) is 9.72 Å². The molecule has 9 aromatic carbocycles. The van der Waals surface area contributed by atoms with E-state index in [1.54, 1.807) is 0 Å². The van der Waals surface area contributed by atoms with Gasteiger partial charge in [-0.25, -0.2) is 0 Å². The Kier molecular flexibility index (Phi) is 7.71. The third kappa shape index (κ3) is 5.13. The maximum atomic E-state index is 2.58. The molecule has 0 radical (unpaired) electrons. The molecule has 0 bridgehead atoms. The van der Waals surface area contributed by atoms with E-state index in [2.05, 4.69) is 233 Å². The van der Waals surface area contributed by atoms with Gasteiger partial charge in [-0.15, -0.1) is 0 Å². The molecule has 0 saturated carbocycles. The zero-order valence-electron chi connectivity index (χ0n) is 31.6. The fourth-order valence-electron chi connectivity index (χ4n) is 9.20. The van der Waals surface area contributed by atoms with Gasteiger partial charge in [0.15, 0.2) is 0 Å². The van der Waals surface area contributed by atoms with E-state index in [1.165, 1.54) is 78.0 Å². The number of anilines is 9. The summed E-state index contributed by atoms with van der Waals surface area (Å²) in [5.74, 6) is 0. The van der Waals surface area contributed by atoms with E-state index in [0.717, 1.165) is 17.1 Å². The van der Waals surface area contributed by atoms with Crippen LogP contribution in [-0.2, 0) is 0 Å². The van der Waals surface area contributed by atoms with Crippen LogP contribution in [0.25, 0.3) is 33.4 Å². The van der Waals surface area contributed by atoms with E-state index in [0.29, 0.717) is 0 Å². The molecule has 0 N–H and O–H groups in total. The molecule has 0 amide bonds. The second kappa shape index (κ2) is 13.4. The first-order valence-electron chi connectivity index (χ1n) is 19.9. The van der Waals surface area contributed by atoms with Gasteiger partial charge in [0.1, 0.15) is 0 Å². The Morgan fingerprint density at radius 1 is 0.224 bits per heavy atom. The fourth-order valence-corrected chi connectivity index (χ4v) is 17.9. The molecule has 58 heavy (non-hydrogen) atoms. The van der Waals surface area contributed by atoms with Crippen LogP contribution in [0.15, 0.2) is 218 Å². The molecule has 12 rings (SSSR count). The molecule has 3 aliphatic heterocycles. The van der Waals surface area contributed by atoms with Crippen LogP contribution in [0.4, 0.5) is 51.2 Å². The van der Waals surface area contributed by atoms with E-state index in [1.807, 2.05) is 0 Å². The predicted molar refractivity (Wildman–Crippen MR) is 245 cm³/mol. The number of hydrogen-bond donors (Lipinski definition) is 0. The van der Waals surface area contributed by atoms with Crippen LogP contribution < -0.4 is 25.2 Å². The Morgan fingerprint density at radius 3 is 0.655 bits per heavy atom. The summed E-state index contributed by atoms with van der Waals surface area (Å²) < 4.78 is 4.52. The minimum absolute atomic E-state index is 1.16. The van der Waals surface area contributed by atoms with Crippen molar-refractivity contribution in [2.75, 3.05) is 14.7 Å². The third-order valence-electron chi connectivity index (χ3n) is 11.7. The first kappa shape index (κ1) is 33.3. The second-order valence-corrected chi connectivity index (χ2v) is 20.8. The summed E-state index contributed by atoms with van der Waals surface area (Å²) in [7, 11) is 0. The molecule has 0 aliphatic carbocycles. The Balaban J connectivity index is 1.28. The molecular weight excluding hydrogens is 812 g/mol. The molecule has 4 heteroatoms. The molecular formula is C54H36N3Sb. The van der Waals surface area contributed by atoms with E-state index in [4.69, 9.17) is 0 Å². The van der Waals surface area contributed by atoms with Gasteiger partial charge in [0.2, 0.25) is 0 Å². The van der Waals surface area contributed by atoms with Gasteiger partial charge < -0.3 is 0 Å². The number of benzene rings is 9. The molecule has 3 nitrogen and oxygen atoms in total. The average Bonchev–Trinajstić information content (AvgIpc) is 3.30. The number of nitrogens with zero attached hydrogens (tertiary/aromatic N) is 3. The Labute approximate surface area is 346 Å². The van der Waals surface area contributed by atoms with Gasteiger partial charge in [0.05, 0.1) is 0 Å². The standard InChI is InChI=1S/C54H36N3.Sb/c1-7-19-40(20-8-1)43-31-49-37-50(32-43)56(47-27-15-5-16-28-47)52-34-45(42-23-11-3-12-24-42)36-54(39-52)57(48-29-17-6-18-30-48)53-35-44(41-21-9-2-10-22-41)33-51(38-53)55(49)46-25-13-4-14-26-46;/h1-36H;. The summed E-state index contributed by atoms with van der Waals surface area (Å²) in [5.41, 5.74) is 18.5. The summed E-state index contributed by atoms with van der Waals surface area (Å²) in [6.07, 6.45) is 0. The predicted octanol–water partition coefficient (Wildman–Crippen LogP) is 12.6. The van der Waals surface area contributed by atoms with Crippen LogP contribution in [0.3, 0.4) is 0 Å². The van der Waals surface area contributed by atoms with Crippen molar-refractivity contribution in [3.05, 3.63) is 218 Å². The van der Waals surface area contributed by atoms with Crippen LogP contribution in [0, 0.1) is 0 Å². The molecule has 272 valence electrons. The van der Waals surface area contributed by atoms with E-state index >= 15 is 0 Å². The van der Waals surface area contributed by atoms with Crippen molar-refractivity contribution in [3.63, 3.8) is 0 Å². The molecule has 0 spiro atoms. The molecule has 0 atom stereocenters. The van der Waals surface area contributed by atoms with Crippen molar-refractivity contribution in [1.29, 1.82) is 0 Å². The quantitative estimate of drug-likeness (QED) is 0.154. The third-order valence-corrected chi connectivity index (χ3v) is 19.4. The van der Waals surface area contributed by atoms with Crippen molar-refractivity contribution < 1.29 is 0 Å². The Morgan fingerprint density at radius 2 is 0.431 bits per heavy atom. The van der Waals surface area contributed by atoms with E-state index < -0.39 is 20.2 Å². The minimum atomic E-state index is -2.87. The Hall–Kier alpha value is -6.80. The maximum absolute atomic E-state index is 2.87. The molecule has 0 aromatic heterocycles. The number of para-hydroxylation sites is 3. The van der Waals surface area contributed by atoms with Crippen molar-refractivity contribution in [1.82, 2.24) is 0 Å². The van der Waals surface area contributed by atoms with Crippen molar-refractivity contribution >= 4 is 81.9 Å². The van der Waals surface area contributed by atoms with Crippen molar-refractivity contribution in [3.8, 4) is 33.4 Å². The van der Waals surface area contributed by atoms with Gasteiger partial charge in [0.25, 0.3) is 0 Å².